The molecule has 0 bridgehead atoms. The summed E-state index contributed by atoms with van der Waals surface area (Å²) in [6, 6.07) is 21.8. The lowest BCUT2D eigenvalue weighted by Gasteiger charge is -2.30. The van der Waals surface area contributed by atoms with Gasteiger partial charge in [-0.2, -0.15) is 4.31 Å². The van der Waals surface area contributed by atoms with Crippen molar-refractivity contribution in [2.45, 2.75) is 43.9 Å². The van der Waals surface area contributed by atoms with Crippen LogP contribution in [-0.2, 0) is 27.8 Å². The van der Waals surface area contributed by atoms with Gasteiger partial charge in [-0.05, 0) is 41.7 Å². The topological polar surface area (TPSA) is 95.9 Å². The Bertz CT molecular complexity index is 1290. The number of hydrogen-bond acceptors (Lipinski definition) is 5. The summed E-state index contributed by atoms with van der Waals surface area (Å²) in [6.45, 7) is 3.72. The van der Waals surface area contributed by atoms with Gasteiger partial charge in [-0.1, -0.05) is 97.7 Å². The van der Waals surface area contributed by atoms with Crippen molar-refractivity contribution in [3.8, 4) is 0 Å². The number of aliphatic hydroxyl groups excluding tert-OH is 1. The van der Waals surface area contributed by atoms with Crippen LogP contribution in [0, 0.1) is 5.92 Å². The Balaban J connectivity index is 1.81. The number of hydrogen-bond donors (Lipinski definition) is 2. The molecule has 0 saturated heterocycles. The molecule has 7 nitrogen and oxygen atoms in total. The molecule has 0 aliphatic rings. The van der Waals surface area contributed by atoms with Crippen molar-refractivity contribution < 1.29 is 23.1 Å². The number of nitrogens with zero attached hydrogens (tertiary/aromatic N) is 1. The molecule has 0 radical (unpaired) electrons. The van der Waals surface area contributed by atoms with Crippen LogP contribution >= 0.6 is 23.2 Å². The van der Waals surface area contributed by atoms with Gasteiger partial charge >= 0.3 is 6.09 Å². The summed E-state index contributed by atoms with van der Waals surface area (Å²) in [5.74, 6) is -0.0314. The Labute approximate surface area is 234 Å². The van der Waals surface area contributed by atoms with Gasteiger partial charge in [-0.3, -0.25) is 0 Å². The van der Waals surface area contributed by atoms with E-state index in [2.05, 4.69) is 5.32 Å². The number of sulfonamides is 1. The summed E-state index contributed by atoms with van der Waals surface area (Å²) in [7, 11) is -4.03. The number of aliphatic hydroxyl groups is 1. The molecule has 3 aromatic carbocycles. The maximum absolute atomic E-state index is 13.5. The highest BCUT2D eigenvalue weighted by Gasteiger charge is 2.32. The second-order valence-electron chi connectivity index (χ2n) is 9.36. The fourth-order valence-corrected chi connectivity index (χ4v) is 5.88. The smallest absolute Gasteiger partial charge is 0.407 e. The van der Waals surface area contributed by atoms with Crippen LogP contribution < -0.4 is 5.32 Å². The summed E-state index contributed by atoms with van der Waals surface area (Å²) in [4.78, 5) is 12.6. The predicted octanol–water partition coefficient (Wildman–Crippen LogP) is 5.54. The molecule has 0 saturated carbocycles. The Morgan fingerprint density at radius 1 is 0.921 bits per heavy atom. The fourth-order valence-electron chi connectivity index (χ4n) is 3.87. The van der Waals surface area contributed by atoms with Gasteiger partial charge in [0, 0.05) is 13.1 Å². The quantitative estimate of drug-likeness (QED) is 0.294. The van der Waals surface area contributed by atoms with Gasteiger partial charge in [0.25, 0.3) is 0 Å². The summed E-state index contributed by atoms with van der Waals surface area (Å²) in [5, 5.41) is 14.4. The number of alkyl carbamates (subject to hydrolysis) is 1. The average Bonchev–Trinajstić information content (AvgIpc) is 2.89. The van der Waals surface area contributed by atoms with E-state index in [1.807, 2.05) is 74.5 Å². The van der Waals surface area contributed by atoms with E-state index in [4.69, 9.17) is 27.9 Å². The molecule has 3 rings (SSSR count). The molecule has 0 spiro atoms. The summed E-state index contributed by atoms with van der Waals surface area (Å²) < 4.78 is 33.6. The van der Waals surface area contributed by atoms with Crippen molar-refractivity contribution in [2.75, 3.05) is 13.1 Å². The normalized spacial score (nSPS) is 13.3. The number of amides is 1. The lowest BCUT2D eigenvalue weighted by Crippen LogP contribution is -2.51. The van der Waals surface area contributed by atoms with Gasteiger partial charge in [-0.25, -0.2) is 13.2 Å². The van der Waals surface area contributed by atoms with E-state index in [1.54, 1.807) is 0 Å². The van der Waals surface area contributed by atoms with Crippen molar-refractivity contribution in [1.82, 2.24) is 9.62 Å². The molecular formula is C28H32Cl2N2O5S. The van der Waals surface area contributed by atoms with Crippen LogP contribution in [0.2, 0.25) is 10.0 Å². The summed E-state index contributed by atoms with van der Waals surface area (Å²) >= 11 is 12.1. The fraction of sp³-hybridized carbons (Fsp3) is 0.321. The number of carbonyl (C=O) groups excluding carboxylic acids is 1. The minimum absolute atomic E-state index is 0.0314. The van der Waals surface area contributed by atoms with Crippen molar-refractivity contribution in [3.05, 3.63) is 100 Å². The molecule has 1 amide bonds. The van der Waals surface area contributed by atoms with Gasteiger partial charge in [0.2, 0.25) is 10.0 Å². The first-order chi connectivity index (χ1) is 18.1. The second-order valence-corrected chi connectivity index (χ2v) is 12.1. The first-order valence-corrected chi connectivity index (χ1v) is 14.4. The maximum Gasteiger partial charge on any atom is 0.407 e. The third-order valence-corrected chi connectivity index (χ3v) is 8.33. The molecule has 0 aromatic heterocycles. The lowest BCUT2D eigenvalue weighted by atomic mass is 10.0. The molecule has 204 valence electrons. The van der Waals surface area contributed by atoms with E-state index in [9.17, 15) is 18.3 Å². The van der Waals surface area contributed by atoms with Gasteiger partial charge in [0.1, 0.15) is 6.61 Å². The predicted molar refractivity (Wildman–Crippen MR) is 150 cm³/mol. The highest BCUT2D eigenvalue weighted by Crippen LogP contribution is 2.27. The van der Waals surface area contributed by atoms with Crippen LogP contribution in [0.15, 0.2) is 83.8 Å². The van der Waals surface area contributed by atoms with E-state index in [0.29, 0.717) is 0 Å². The van der Waals surface area contributed by atoms with Gasteiger partial charge in [0.15, 0.2) is 0 Å². The standard InChI is InChI=1S/C28H32Cl2N2O5S/c1-20(2)17-32(38(35,36)23-13-14-24(29)25(30)16-23)18-27(33)26(15-21-9-5-3-6-10-21)31-28(34)37-19-22-11-7-4-8-12-22/h3-14,16,20,26-27,33H,15,17-19H2,1-2H3,(H,31,34)/t26-,27-/m0/s1. The zero-order valence-electron chi connectivity index (χ0n) is 21.3. The molecule has 10 heteroatoms. The molecule has 2 atom stereocenters. The Morgan fingerprint density at radius 2 is 1.53 bits per heavy atom. The number of carbonyl (C=O) groups is 1. The first kappa shape index (κ1) is 29.9. The van der Waals surface area contributed by atoms with Gasteiger partial charge in [-0.15, -0.1) is 0 Å². The lowest BCUT2D eigenvalue weighted by molar-refractivity contribution is 0.0873. The molecule has 0 unspecified atom stereocenters. The van der Waals surface area contributed by atoms with Crippen LogP contribution in [0.5, 0.6) is 0 Å². The van der Waals surface area contributed by atoms with Crippen LogP contribution in [0.1, 0.15) is 25.0 Å². The first-order valence-electron chi connectivity index (χ1n) is 12.2. The molecular weight excluding hydrogens is 547 g/mol. The third-order valence-electron chi connectivity index (χ3n) is 5.77. The SMILES string of the molecule is CC(C)CN(C[C@H](O)[C@H](Cc1ccccc1)NC(=O)OCc1ccccc1)S(=O)(=O)c1ccc(Cl)c(Cl)c1. The summed E-state index contributed by atoms with van der Waals surface area (Å²) in [5.41, 5.74) is 1.68. The second kappa shape index (κ2) is 14.0. The molecule has 0 aliphatic heterocycles. The Kier molecular flexibility index (Phi) is 11.0. The van der Waals surface area contributed by atoms with Gasteiger partial charge in [0.05, 0.1) is 27.1 Å². The molecule has 3 aromatic rings. The van der Waals surface area contributed by atoms with Crippen LogP contribution in [-0.4, -0.2) is 49.2 Å². The Morgan fingerprint density at radius 3 is 2.11 bits per heavy atom. The van der Waals surface area contributed by atoms with E-state index < -0.39 is 28.3 Å². The highest BCUT2D eigenvalue weighted by molar-refractivity contribution is 7.89. The van der Waals surface area contributed by atoms with E-state index >= 15 is 0 Å². The highest BCUT2D eigenvalue weighted by atomic mass is 35.5. The van der Waals surface area contributed by atoms with Crippen molar-refractivity contribution in [3.63, 3.8) is 0 Å². The number of halogens is 2. The van der Waals surface area contributed by atoms with Crippen LogP contribution in [0.25, 0.3) is 0 Å². The number of rotatable bonds is 12. The number of nitrogens with one attached hydrogen (secondary N) is 1. The van der Waals surface area contributed by atoms with Crippen LogP contribution in [0.3, 0.4) is 0 Å². The molecule has 0 aliphatic carbocycles. The molecule has 38 heavy (non-hydrogen) atoms. The largest absolute Gasteiger partial charge is 0.445 e. The van der Waals surface area contributed by atoms with E-state index in [-0.39, 0.29) is 47.0 Å². The average molecular weight is 580 g/mol. The maximum atomic E-state index is 13.5. The minimum atomic E-state index is -4.03. The zero-order chi connectivity index (χ0) is 27.7. The number of ether oxygens (including phenoxy) is 1. The molecule has 0 heterocycles. The van der Waals surface area contributed by atoms with Crippen molar-refractivity contribution in [1.29, 1.82) is 0 Å². The van der Waals surface area contributed by atoms with Crippen molar-refractivity contribution >= 4 is 39.3 Å². The zero-order valence-corrected chi connectivity index (χ0v) is 23.6. The minimum Gasteiger partial charge on any atom is -0.445 e. The van der Waals surface area contributed by atoms with E-state index in [0.717, 1.165) is 11.1 Å². The van der Waals surface area contributed by atoms with Gasteiger partial charge < -0.3 is 15.2 Å². The monoisotopic (exact) mass is 578 g/mol. The number of benzene rings is 3. The molecule has 2 N–H and O–H groups in total. The van der Waals surface area contributed by atoms with Crippen LogP contribution in [0.4, 0.5) is 4.79 Å². The third kappa shape index (κ3) is 8.71. The van der Waals surface area contributed by atoms with E-state index in [1.165, 1.54) is 22.5 Å². The Hall–Kier alpha value is -2.62. The molecule has 0 fully saturated rings. The summed E-state index contributed by atoms with van der Waals surface area (Å²) in [6.07, 6.45) is -1.68. The van der Waals surface area contributed by atoms with Crippen molar-refractivity contribution in [2.24, 2.45) is 5.92 Å².